The van der Waals surface area contributed by atoms with Crippen LogP contribution in [0, 0.1) is 0 Å². The topological polar surface area (TPSA) is 37.8 Å². The van der Waals surface area contributed by atoms with E-state index in [0.29, 0.717) is 10.3 Å². The molecule has 0 bridgehead atoms. The van der Waals surface area contributed by atoms with Gasteiger partial charge < -0.3 is 5.32 Å². The summed E-state index contributed by atoms with van der Waals surface area (Å²) in [6.07, 6.45) is 0.938. The molecule has 0 spiro atoms. The van der Waals surface area contributed by atoms with E-state index in [1.165, 1.54) is 4.88 Å². The maximum atomic E-state index is 5.93. The highest BCUT2D eigenvalue weighted by Gasteiger charge is 2.09. The summed E-state index contributed by atoms with van der Waals surface area (Å²) in [6, 6.07) is 6.10. The Hall–Kier alpha value is -0.840. The van der Waals surface area contributed by atoms with Crippen LogP contribution in [0.2, 0.25) is 10.3 Å². The number of hydrogen-bond acceptors (Lipinski definition) is 4. The van der Waals surface area contributed by atoms with Gasteiger partial charge in [-0.25, -0.2) is 0 Å². The number of nitrogens with one attached hydrogen (secondary N) is 1. The van der Waals surface area contributed by atoms with E-state index in [2.05, 4.69) is 33.9 Å². The Morgan fingerprint density at radius 1 is 1.41 bits per heavy atom. The van der Waals surface area contributed by atoms with Crippen molar-refractivity contribution in [2.24, 2.45) is 0 Å². The first-order valence-electron chi connectivity index (χ1n) is 5.13. The van der Waals surface area contributed by atoms with Gasteiger partial charge in [0.05, 0.1) is 5.69 Å². The van der Waals surface area contributed by atoms with Crippen molar-refractivity contribution in [3.8, 4) is 0 Å². The highest BCUT2D eigenvalue weighted by molar-refractivity contribution is 7.09. The molecule has 0 radical (unpaired) electrons. The molecule has 3 nitrogen and oxygen atoms in total. The molecule has 90 valence electrons. The van der Waals surface area contributed by atoms with Crippen LogP contribution in [-0.4, -0.2) is 16.2 Å². The van der Waals surface area contributed by atoms with Crippen molar-refractivity contribution in [3.63, 3.8) is 0 Å². The number of rotatable bonds is 4. The normalized spacial score (nSPS) is 12.4. The Morgan fingerprint density at radius 2 is 2.24 bits per heavy atom. The van der Waals surface area contributed by atoms with Gasteiger partial charge in [0.1, 0.15) is 0 Å². The molecule has 0 fully saturated rings. The first-order chi connectivity index (χ1) is 8.15. The van der Waals surface area contributed by atoms with E-state index in [-0.39, 0.29) is 6.04 Å². The molecule has 0 saturated carbocycles. The van der Waals surface area contributed by atoms with Crippen molar-refractivity contribution in [1.82, 2.24) is 10.2 Å². The van der Waals surface area contributed by atoms with E-state index in [1.807, 2.05) is 6.07 Å². The molecule has 2 heterocycles. The third-order valence-electron chi connectivity index (χ3n) is 2.21. The minimum Gasteiger partial charge on any atom is -0.380 e. The third-order valence-corrected chi connectivity index (χ3v) is 3.57. The lowest BCUT2D eigenvalue weighted by Crippen LogP contribution is -2.18. The second-order valence-corrected chi connectivity index (χ2v) is 5.48. The molecule has 2 aromatic rings. The minimum atomic E-state index is 0.256. The van der Waals surface area contributed by atoms with Gasteiger partial charge in [-0.15, -0.1) is 21.5 Å². The van der Waals surface area contributed by atoms with Crippen LogP contribution >= 0.6 is 34.5 Å². The summed E-state index contributed by atoms with van der Waals surface area (Å²) < 4.78 is 0. The van der Waals surface area contributed by atoms with Gasteiger partial charge >= 0.3 is 0 Å². The average Bonchev–Trinajstić information content (AvgIpc) is 2.76. The largest absolute Gasteiger partial charge is 0.380 e. The van der Waals surface area contributed by atoms with Gasteiger partial charge in [-0.2, -0.15) is 0 Å². The number of hydrogen-bond donors (Lipinski definition) is 1. The molecular weight excluding hydrogens is 277 g/mol. The zero-order chi connectivity index (χ0) is 12.3. The van der Waals surface area contributed by atoms with E-state index in [9.17, 15) is 0 Å². The number of halogens is 2. The van der Waals surface area contributed by atoms with Crippen LogP contribution < -0.4 is 5.32 Å². The van der Waals surface area contributed by atoms with Gasteiger partial charge in [0.15, 0.2) is 10.3 Å². The number of aromatic nitrogens is 2. The molecule has 2 rings (SSSR count). The summed E-state index contributed by atoms with van der Waals surface area (Å²) in [5.74, 6) is 0. The van der Waals surface area contributed by atoms with Gasteiger partial charge in [0, 0.05) is 23.4 Å². The zero-order valence-corrected chi connectivity index (χ0v) is 11.5. The maximum absolute atomic E-state index is 5.93. The predicted octanol–water partition coefficient (Wildman–Crippen LogP) is 3.89. The standard InChI is InChI=1S/C11H11Cl2N3S/c1-7(5-8-3-2-4-17-8)14-9-6-10(12)15-16-11(9)13/h2-4,6-7H,5H2,1H3,(H,14,15). The summed E-state index contributed by atoms with van der Waals surface area (Å²) in [4.78, 5) is 1.33. The monoisotopic (exact) mass is 287 g/mol. The number of nitrogens with zero attached hydrogens (tertiary/aromatic N) is 2. The van der Waals surface area contributed by atoms with Crippen LogP contribution in [0.4, 0.5) is 5.69 Å². The van der Waals surface area contributed by atoms with Crippen molar-refractivity contribution >= 4 is 40.2 Å². The van der Waals surface area contributed by atoms with E-state index in [4.69, 9.17) is 23.2 Å². The molecular formula is C11H11Cl2N3S. The highest BCUT2D eigenvalue weighted by atomic mass is 35.5. The van der Waals surface area contributed by atoms with Crippen LogP contribution in [0.5, 0.6) is 0 Å². The quantitative estimate of drug-likeness (QED) is 0.927. The average molecular weight is 288 g/mol. The van der Waals surface area contributed by atoms with Gasteiger partial charge in [0.25, 0.3) is 0 Å². The van der Waals surface area contributed by atoms with Gasteiger partial charge in [-0.3, -0.25) is 0 Å². The third kappa shape index (κ3) is 3.56. The summed E-state index contributed by atoms with van der Waals surface area (Å²) >= 11 is 13.4. The Morgan fingerprint density at radius 3 is 2.94 bits per heavy atom. The fourth-order valence-electron chi connectivity index (χ4n) is 1.50. The second kappa shape index (κ2) is 5.67. The molecule has 0 aromatic carbocycles. The lowest BCUT2D eigenvalue weighted by molar-refractivity contribution is 0.798. The van der Waals surface area contributed by atoms with Crippen LogP contribution in [-0.2, 0) is 6.42 Å². The smallest absolute Gasteiger partial charge is 0.174 e. The molecule has 17 heavy (non-hydrogen) atoms. The highest BCUT2D eigenvalue weighted by Crippen LogP contribution is 2.22. The lowest BCUT2D eigenvalue weighted by atomic mass is 10.2. The Balaban J connectivity index is 2.02. The van der Waals surface area contributed by atoms with E-state index < -0.39 is 0 Å². The van der Waals surface area contributed by atoms with Gasteiger partial charge in [-0.05, 0) is 18.4 Å². The molecule has 0 aliphatic carbocycles. The molecule has 1 unspecified atom stereocenters. The molecule has 6 heteroatoms. The summed E-state index contributed by atoms with van der Waals surface area (Å²) in [5, 5.41) is 13.4. The predicted molar refractivity (Wildman–Crippen MR) is 73.2 cm³/mol. The first-order valence-corrected chi connectivity index (χ1v) is 6.76. The summed E-state index contributed by atoms with van der Waals surface area (Å²) in [5.41, 5.74) is 0.718. The fraction of sp³-hybridized carbons (Fsp3) is 0.273. The van der Waals surface area contributed by atoms with E-state index in [1.54, 1.807) is 17.4 Å². The van der Waals surface area contributed by atoms with Crippen LogP contribution in [0.3, 0.4) is 0 Å². The van der Waals surface area contributed by atoms with Crippen LogP contribution in [0.25, 0.3) is 0 Å². The molecule has 1 atom stereocenters. The lowest BCUT2D eigenvalue weighted by Gasteiger charge is -2.14. The molecule has 0 aliphatic rings. The summed E-state index contributed by atoms with van der Waals surface area (Å²) in [6.45, 7) is 2.09. The fourth-order valence-corrected chi connectivity index (χ4v) is 2.63. The van der Waals surface area contributed by atoms with E-state index >= 15 is 0 Å². The number of anilines is 1. The Kier molecular flexibility index (Phi) is 4.20. The van der Waals surface area contributed by atoms with Gasteiger partial charge in [0.2, 0.25) is 0 Å². The summed E-state index contributed by atoms with van der Waals surface area (Å²) in [7, 11) is 0. The maximum Gasteiger partial charge on any atom is 0.174 e. The Labute approximate surface area is 114 Å². The zero-order valence-electron chi connectivity index (χ0n) is 9.15. The van der Waals surface area contributed by atoms with Crippen molar-refractivity contribution < 1.29 is 0 Å². The van der Waals surface area contributed by atoms with Crippen LogP contribution in [0.15, 0.2) is 23.6 Å². The van der Waals surface area contributed by atoms with Crippen molar-refractivity contribution in [3.05, 3.63) is 38.8 Å². The number of thiophene rings is 1. The van der Waals surface area contributed by atoms with Crippen LogP contribution in [0.1, 0.15) is 11.8 Å². The molecule has 1 N–H and O–H groups in total. The molecule has 0 saturated heterocycles. The second-order valence-electron chi connectivity index (χ2n) is 3.70. The minimum absolute atomic E-state index is 0.256. The SMILES string of the molecule is CC(Cc1cccs1)Nc1cc(Cl)nnc1Cl. The van der Waals surface area contributed by atoms with E-state index in [0.717, 1.165) is 12.1 Å². The van der Waals surface area contributed by atoms with Crippen molar-refractivity contribution in [2.75, 3.05) is 5.32 Å². The first kappa shape index (κ1) is 12.6. The van der Waals surface area contributed by atoms with Gasteiger partial charge in [-0.1, -0.05) is 29.3 Å². The van der Waals surface area contributed by atoms with Crippen molar-refractivity contribution in [1.29, 1.82) is 0 Å². The molecule has 0 aliphatic heterocycles. The Bertz CT molecular complexity index is 487. The van der Waals surface area contributed by atoms with Crippen molar-refractivity contribution in [2.45, 2.75) is 19.4 Å². The molecule has 2 aromatic heterocycles. The molecule has 0 amide bonds.